The number of hydrogen-bond donors (Lipinski definition) is 0. The zero-order valence-electron chi connectivity index (χ0n) is 10.1. The molecular weight excluding hydrogens is 288 g/mol. The summed E-state index contributed by atoms with van der Waals surface area (Å²) in [5.74, 6) is -0.304. The number of nitrogens with zero attached hydrogens (tertiary/aromatic N) is 2. The Morgan fingerprint density at radius 3 is 2.71 bits per heavy atom. The van der Waals surface area contributed by atoms with E-state index in [0.29, 0.717) is 17.3 Å². The maximum absolute atomic E-state index is 11.6. The molecule has 0 unspecified atom stereocenters. The van der Waals surface area contributed by atoms with E-state index in [9.17, 15) is 9.59 Å². The maximum Gasteiger partial charge on any atom is 0.313 e. The molecule has 0 aromatic carbocycles. The minimum absolute atomic E-state index is 0.0187. The van der Waals surface area contributed by atoms with E-state index in [1.807, 2.05) is 0 Å². The molecule has 0 bridgehead atoms. The van der Waals surface area contributed by atoms with Crippen molar-refractivity contribution in [3.8, 4) is 0 Å². The van der Waals surface area contributed by atoms with Gasteiger partial charge in [-0.1, -0.05) is 15.9 Å². The van der Waals surface area contributed by atoms with E-state index in [0.717, 1.165) is 5.69 Å². The molecule has 0 aliphatic carbocycles. The number of carbonyl (C=O) groups excluding carboxylic acids is 2. The van der Waals surface area contributed by atoms with E-state index in [2.05, 4.69) is 21.0 Å². The Hall–Kier alpha value is -1.17. The largest absolute Gasteiger partial charge is 0.442 e. The van der Waals surface area contributed by atoms with Gasteiger partial charge in [-0.15, -0.1) is 0 Å². The molecule has 1 aromatic rings. The van der Waals surface area contributed by atoms with E-state index in [4.69, 9.17) is 4.74 Å². The Labute approximate surface area is 108 Å². The summed E-state index contributed by atoms with van der Waals surface area (Å²) in [6.45, 7) is 5.35. The predicted molar refractivity (Wildman–Crippen MR) is 65.8 cm³/mol. The quantitative estimate of drug-likeness (QED) is 0.486. The zero-order chi connectivity index (χ0) is 13.1. The molecule has 0 saturated heterocycles. The fourth-order valence-electron chi connectivity index (χ4n) is 1.09. The molecular formula is C11H15BrN2O3. The molecule has 6 heteroatoms. The summed E-state index contributed by atoms with van der Waals surface area (Å²) in [6, 6.07) is 1.65. The predicted octanol–water partition coefficient (Wildman–Crippen LogP) is 2.14. The minimum atomic E-state index is -0.546. The Morgan fingerprint density at radius 2 is 2.24 bits per heavy atom. The monoisotopic (exact) mass is 302 g/mol. The first-order valence-electron chi connectivity index (χ1n) is 5.13. The second kappa shape index (κ2) is 5.44. The maximum atomic E-state index is 11.6. The first kappa shape index (κ1) is 13.9. The molecule has 94 valence electrons. The van der Waals surface area contributed by atoms with Crippen LogP contribution in [0.2, 0.25) is 0 Å². The summed E-state index contributed by atoms with van der Waals surface area (Å²) in [4.78, 5) is 22.2. The number of aldehydes is 1. The van der Waals surface area contributed by atoms with E-state index in [-0.39, 0.29) is 12.7 Å². The lowest BCUT2D eigenvalue weighted by Crippen LogP contribution is -2.24. The molecule has 1 rings (SSSR count). The van der Waals surface area contributed by atoms with Crippen LogP contribution in [0.15, 0.2) is 6.07 Å². The molecule has 0 N–H and O–H groups in total. The normalized spacial score (nSPS) is 11.3. The molecule has 0 saturated carbocycles. The lowest BCUT2D eigenvalue weighted by molar-refractivity contribution is -0.157. The smallest absolute Gasteiger partial charge is 0.313 e. The van der Waals surface area contributed by atoms with Gasteiger partial charge >= 0.3 is 5.97 Å². The first-order chi connectivity index (χ1) is 7.88. The zero-order valence-corrected chi connectivity index (χ0v) is 11.7. The lowest BCUT2D eigenvalue weighted by Gasteiger charge is -2.16. The van der Waals surface area contributed by atoms with Gasteiger partial charge in [0, 0.05) is 5.33 Å². The van der Waals surface area contributed by atoms with Gasteiger partial charge in [0.2, 0.25) is 0 Å². The van der Waals surface area contributed by atoms with Crippen LogP contribution >= 0.6 is 15.9 Å². The number of esters is 1. The van der Waals surface area contributed by atoms with E-state index in [1.165, 1.54) is 4.68 Å². The fourth-order valence-corrected chi connectivity index (χ4v) is 1.54. The molecule has 5 nitrogen and oxygen atoms in total. The summed E-state index contributed by atoms with van der Waals surface area (Å²) in [7, 11) is 0. The van der Waals surface area contributed by atoms with Gasteiger partial charge in [0.25, 0.3) is 0 Å². The molecule has 0 radical (unpaired) electrons. The number of ether oxygens (including phenoxy) is 1. The average molecular weight is 303 g/mol. The van der Waals surface area contributed by atoms with Crippen LogP contribution in [0, 0.1) is 5.41 Å². The van der Waals surface area contributed by atoms with Crippen molar-refractivity contribution >= 4 is 28.2 Å². The molecule has 1 heterocycles. The second-order valence-electron chi connectivity index (χ2n) is 4.62. The third kappa shape index (κ3) is 3.66. The Balaban J connectivity index is 2.72. The highest BCUT2D eigenvalue weighted by Gasteiger charge is 2.23. The van der Waals surface area contributed by atoms with Crippen molar-refractivity contribution in [2.45, 2.75) is 32.8 Å². The lowest BCUT2D eigenvalue weighted by atomic mass is 9.98. The van der Waals surface area contributed by atoms with Gasteiger partial charge in [-0.2, -0.15) is 5.10 Å². The van der Waals surface area contributed by atoms with Crippen LogP contribution in [0.4, 0.5) is 0 Å². The van der Waals surface area contributed by atoms with Crippen molar-refractivity contribution in [2.75, 3.05) is 0 Å². The van der Waals surface area contributed by atoms with Crippen LogP contribution in [0.1, 0.15) is 37.0 Å². The Bertz CT molecular complexity index is 421. The van der Waals surface area contributed by atoms with Crippen LogP contribution in [0.25, 0.3) is 0 Å². The van der Waals surface area contributed by atoms with Crippen molar-refractivity contribution in [3.63, 3.8) is 0 Å². The number of rotatable bonds is 4. The van der Waals surface area contributed by atoms with Crippen LogP contribution in [-0.2, 0) is 21.6 Å². The van der Waals surface area contributed by atoms with Crippen molar-refractivity contribution < 1.29 is 14.3 Å². The molecule has 0 fully saturated rings. The van der Waals surface area contributed by atoms with Gasteiger partial charge in [0.15, 0.2) is 13.0 Å². The topological polar surface area (TPSA) is 61.2 Å². The summed E-state index contributed by atoms with van der Waals surface area (Å²) < 4.78 is 6.61. The summed E-state index contributed by atoms with van der Waals surface area (Å²) in [5, 5.41) is 4.54. The molecule has 1 aromatic heterocycles. The molecule has 0 aliphatic heterocycles. The van der Waals surface area contributed by atoms with Crippen LogP contribution in [-0.4, -0.2) is 22.0 Å². The van der Waals surface area contributed by atoms with Gasteiger partial charge in [-0.05, 0) is 26.8 Å². The standard InChI is InChI=1S/C11H15BrN2O3/c1-11(2,3)10(16)17-7-14-9(5-12)4-8(6-15)13-14/h4,6H,5,7H2,1-3H3. The van der Waals surface area contributed by atoms with Gasteiger partial charge in [0.05, 0.1) is 11.1 Å². The average Bonchev–Trinajstić information content (AvgIpc) is 2.66. The van der Waals surface area contributed by atoms with Crippen molar-refractivity contribution in [1.29, 1.82) is 0 Å². The Kier molecular flexibility index (Phi) is 4.45. The van der Waals surface area contributed by atoms with Crippen molar-refractivity contribution in [1.82, 2.24) is 9.78 Å². The summed E-state index contributed by atoms with van der Waals surface area (Å²) in [6.07, 6.45) is 0.661. The van der Waals surface area contributed by atoms with E-state index >= 15 is 0 Å². The molecule has 17 heavy (non-hydrogen) atoms. The summed E-state index contributed by atoms with van der Waals surface area (Å²) in [5.41, 5.74) is 0.565. The van der Waals surface area contributed by atoms with Gasteiger partial charge in [-0.3, -0.25) is 9.59 Å². The van der Waals surface area contributed by atoms with Gasteiger partial charge in [0.1, 0.15) is 5.69 Å². The van der Waals surface area contributed by atoms with Crippen LogP contribution in [0.3, 0.4) is 0 Å². The third-order valence-corrected chi connectivity index (χ3v) is 2.64. The molecule has 0 atom stereocenters. The first-order valence-corrected chi connectivity index (χ1v) is 6.25. The SMILES string of the molecule is CC(C)(C)C(=O)OCn1nc(C=O)cc1CBr. The fraction of sp³-hybridized carbons (Fsp3) is 0.545. The number of carbonyl (C=O) groups is 2. The van der Waals surface area contributed by atoms with Crippen LogP contribution < -0.4 is 0 Å². The highest BCUT2D eigenvalue weighted by molar-refractivity contribution is 9.08. The number of aromatic nitrogens is 2. The molecule has 0 amide bonds. The van der Waals surface area contributed by atoms with Crippen LogP contribution in [0.5, 0.6) is 0 Å². The second-order valence-corrected chi connectivity index (χ2v) is 5.18. The third-order valence-electron chi connectivity index (χ3n) is 2.07. The number of halogens is 1. The van der Waals surface area contributed by atoms with Gasteiger partial charge in [-0.25, -0.2) is 4.68 Å². The number of alkyl halides is 1. The van der Waals surface area contributed by atoms with E-state index < -0.39 is 5.41 Å². The number of hydrogen-bond acceptors (Lipinski definition) is 4. The minimum Gasteiger partial charge on any atom is -0.442 e. The van der Waals surface area contributed by atoms with Gasteiger partial charge < -0.3 is 4.74 Å². The summed E-state index contributed by atoms with van der Waals surface area (Å²) >= 11 is 3.28. The van der Waals surface area contributed by atoms with Crippen molar-refractivity contribution in [2.24, 2.45) is 5.41 Å². The Morgan fingerprint density at radius 1 is 1.59 bits per heavy atom. The van der Waals surface area contributed by atoms with E-state index in [1.54, 1.807) is 26.8 Å². The highest BCUT2D eigenvalue weighted by Crippen LogP contribution is 2.16. The highest BCUT2D eigenvalue weighted by atomic mass is 79.9. The molecule has 0 spiro atoms. The van der Waals surface area contributed by atoms with Crippen molar-refractivity contribution in [3.05, 3.63) is 17.5 Å². The molecule has 0 aliphatic rings.